The van der Waals surface area contributed by atoms with Crippen LogP contribution in [0.3, 0.4) is 0 Å². The van der Waals surface area contributed by atoms with Gasteiger partial charge in [-0.25, -0.2) is 4.39 Å². The van der Waals surface area contributed by atoms with E-state index < -0.39 is 12.9 Å². The average Bonchev–Trinajstić information content (AvgIpc) is 2.36. The molecule has 1 atom stereocenters. The van der Waals surface area contributed by atoms with Crippen LogP contribution in [-0.2, 0) is 6.54 Å². The third-order valence-corrected chi connectivity index (χ3v) is 3.79. The second-order valence-electron chi connectivity index (χ2n) is 5.29. The van der Waals surface area contributed by atoms with E-state index in [1.165, 1.54) is 12.1 Å². The van der Waals surface area contributed by atoms with E-state index in [0.717, 1.165) is 25.2 Å². The Hall–Kier alpha value is -0.945. The molecule has 4 nitrogen and oxygen atoms in total. The van der Waals surface area contributed by atoms with Crippen molar-refractivity contribution in [3.63, 3.8) is 0 Å². The minimum Gasteiger partial charge on any atom is -0.423 e. The van der Waals surface area contributed by atoms with Crippen LogP contribution in [0.2, 0.25) is 0 Å². The fourth-order valence-electron chi connectivity index (χ4n) is 2.42. The van der Waals surface area contributed by atoms with Crippen LogP contribution in [0.25, 0.3) is 0 Å². The summed E-state index contributed by atoms with van der Waals surface area (Å²) in [5.74, 6) is -0.578. The number of likely N-dealkylation sites (N-methyl/N-ethyl adjacent to an activating group) is 1. The van der Waals surface area contributed by atoms with Crippen molar-refractivity contribution >= 4 is 12.6 Å². The predicted octanol–water partition coefficient (Wildman–Crippen LogP) is -0.359. The molecule has 6 heteroatoms. The minimum atomic E-state index is -1.76. The molecule has 0 radical (unpaired) electrons. The van der Waals surface area contributed by atoms with Gasteiger partial charge in [0.25, 0.3) is 0 Å². The maximum Gasteiger partial charge on any atom is 0.491 e. The Labute approximate surface area is 113 Å². The van der Waals surface area contributed by atoms with Gasteiger partial charge in [0.05, 0.1) is 0 Å². The molecule has 0 aromatic heterocycles. The molecule has 0 spiro atoms. The average molecular weight is 266 g/mol. The Morgan fingerprint density at radius 3 is 2.74 bits per heavy atom. The Kier molecular flexibility index (Phi) is 4.57. The van der Waals surface area contributed by atoms with Gasteiger partial charge in [0.15, 0.2) is 0 Å². The lowest BCUT2D eigenvalue weighted by Gasteiger charge is -2.37. The molecule has 0 amide bonds. The van der Waals surface area contributed by atoms with Gasteiger partial charge in [-0.2, -0.15) is 0 Å². The van der Waals surface area contributed by atoms with Gasteiger partial charge in [0, 0.05) is 37.7 Å². The molecular formula is C13H20BFN2O2. The molecular weight excluding hydrogens is 246 g/mol. The van der Waals surface area contributed by atoms with Crippen molar-refractivity contribution in [3.8, 4) is 0 Å². The van der Waals surface area contributed by atoms with Crippen LogP contribution < -0.4 is 5.46 Å². The minimum absolute atomic E-state index is 0.0559. The topological polar surface area (TPSA) is 46.9 Å². The molecule has 104 valence electrons. The highest BCUT2D eigenvalue weighted by Gasteiger charge is 2.22. The number of nitrogens with zero attached hydrogens (tertiary/aromatic N) is 2. The number of hydrogen-bond donors (Lipinski definition) is 2. The van der Waals surface area contributed by atoms with Crippen LogP contribution in [0.1, 0.15) is 12.5 Å². The van der Waals surface area contributed by atoms with Crippen molar-refractivity contribution in [2.24, 2.45) is 0 Å². The molecule has 1 aliphatic rings. The fraction of sp³-hybridized carbons (Fsp3) is 0.538. The van der Waals surface area contributed by atoms with Crippen molar-refractivity contribution in [3.05, 3.63) is 29.6 Å². The summed E-state index contributed by atoms with van der Waals surface area (Å²) in [4.78, 5) is 4.61. The first kappa shape index (κ1) is 14.5. The van der Waals surface area contributed by atoms with E-state index in [0.29, 0.717) is 12.6 Å². The molecule has 1 aliphatic heterocycles. The smallest absolute Gasteiger partial charge is 0.423 e. The third-order valence-electron chi connectivity index (χ3n) is 3.79. The Morgan fingerprint density at radius 2 is 2.11 bits per heavy atom. The van der Waals surface area contributed by atoms with Crippen molar-refractivity contribution < 1.29 is 14.4 Å². The molecule has 1 aromatic carbocycles. The van der Waals surface area contributed by atoms with Gasteiger partial charge in [-0.05, 0) is 25.6 Å². The third kappa shape index (κ3) is 3.54. The first-order valence-electron chi connectivity index (χ1n) is 6.54. The standard InChI is InChI=1S/C13H20BFN2O2/c1-10-8-17(6-5-16(10)2)9-11-3-4-13(15)12(7-11)14(18)19/h3-4,7,10,18-19H,5-6,8-9H2,1-2H3. The Bertz CT molecular complexity index is 445. The summed E-state index contributed by atoms with van der Waals surface area (Å²) in [6.45, 7) is 5.83. The van der Waals surface area contributed by atoms with Crippen LogP contribution in [0.15, 0.2) is 18.2 Å². The summed E-state index contributed by atoms with van der Waals surface area (Å²) in [5, 5.41) is 18.2. The Balaban J connectivity index is 2.05. The van der Waals surface area contributed by atoms with Crippen molar-refractivity contribution in [1.82, 2.24) is 9.80 Å². The molecule has 1 fully saturated rings. The van der Waals surface area contributed by atoms with Crippen molar-refractivity contribution in [2.75, 3.05) is 26.7 Å². The highest BCUT2D eigenvalue weighted by Crippen LogP contribution is 2.11. The van der Waals surface area contributed by atoms with Crippen LogP contribution in [0.5, 0.6) is 0 Å². The lowest BCUT2D eigenvalue weighted by molar-refractivity contribution is 0.1000. The highest BCUT2D eigenvalue weighted by molar-refractivity contribution is 6.58. The lowest BCUT2D eigenvalue weighted by atomic mass is 9.79. The zero-order valence-electron chi connectivity index (χ0n) is 11.4. The molecule has 1 aromatic rings. The summed E-state index contributed by atoms with van der Waals surface area (Å²) >= 11 is 0. The van der Waals surface area contributed by atoms with Crippen molar-refractivity contribution in [2.45, 2.75) is 19.5 Å². The quantitative estimate of drug-likeness (QED) is 0.734. The van der Waals surface area contributed by atoms with E-state index in [9.17, 15) is 4.39 Å². The lowest BCUT2D eigenvalue weighted by Crippen LogP contribution is -2.49. The van der Waals surface area contributed by atoms with Gasteiger partial charge >= 0.3 is 7.12 Å². The predicted molar refractivity (Wildman–Crippen MR) is 73.6 cm³/mol. The van der Waals surface area contributed by atoms with Gasteiger partial charge in [0.1, 0.15) is 5.82 Å². The molecule has 2 N–H and O–H groups in total. The van der Waals surface area contributed by atoms with E-state index >= 15 is 0 Å². The van der Waals surface area contributed by atoms with Gasteiger partial charge in [-0.1, -0.05) is 12.1 Å². The zero-order valence-corrected chi connectivity index (χ0v) is 11.4. The number of benzene rings is 1. The van der Waals surface area contributed by atoms with E-state index in [1.807, 2.05) is 0 Å². The second kappa shape index (κ2) is 6.01. The molecule has 2 rings (SSSR count). The monoisotopic (exact) mass is 266 g/mol. The van der Waals surface area contributed by atoms with Crippen LogP contribution in [0, 0.1) is 5.82 Å². The number of hydrogen-bond acceptors (Lipinski definition) is 4. The Morgan fingerprint density at radius 1 is 1.37 bits per heavy atom. The second-order valence-corrected chi connectivity index (χ2v) is 5.29. The van der Waals surface area contributed by atoms with Crippen LogP contribution in [-0.4, -0.2) is 59.7 Å². The summed E-state index contributed by atoms with van der Waals surface area (Å²) < 4.78 is 13.4. The van der Waals surface area contributed by atoms with Gasteiger partial charge in [0.2, 0.25) is 0 Å². The first-order chi connectivity index (χ1) is 8.97. The summed E-state index contributed by atoms with van der Waals surface area (Å²) in [5.41, 5.74) is 0.848. The SMILES string of the molecule is CC1CN(Cc2ccc(F)c(B(O)O)c2)CCN1C. The number of rotatable bonds is 3. The van der Waals surface area contributed by atoms with Crippen molar-refractivity contribution in [1.29, 1.82) is 0 Å². The molecule has 0 aliphatic carbocycles. The largest absolute Gasteiger partial charge is 0.491 e. The van der Waals surface area contributed by atoms with E-state index in [4.69, 9.17) is 10.0 Å². The maximum absolute atomic E-state index is 13.4. The number of piperazine rings is 1. The normalized spacial score (nSPS) is 21.6. The van der Waals surface area contributed by atoms with Crippen LogP contribution in [0.4, 0.5) is 4.39 Å². The first-order valence-corrected chi connectivity index (χ1v) is 6.54. The van der Waals surface area contributed by atoms with E-state index in [2.05, 4.69) is 23.8 Å². The molecule has 19 heavy (non-hydrogen) atoms. The highest BCUT2D eigenvalue weighted by atomic mass is 19.1. The number of halogens is 1. The van der Waals surface area contributed by atoms with E-state index in [-0.39, 0.29) is 5.46 Å². The summed E-state index contributed by atoms with van der Waals surface area (Å²) in [6, 6.07) is 5.02. The molecule has 1 unspecified atom stereocenters. The molecule has 0 saturated carbocycles. The zero-order chi connectivity index (χ0) is 14.0. The fourth-order valence-corrected chi connectivity index (χ4v) is 2.42. The summed E-state index contributed by atoms with van der Waals surface area (Å²) in [6.07, 6.45) is 0. The summed E-state index contributed by atoms with van der Waals surface area (Å²) in [7, 11) is 0.353. The maximum atomic E-state index is 13.4. The van der Waals surface area contributed by atoms with Gasteiger partial charge in [-0.15, -0.1) is 0 Å². The van der Waals surface area contributed by atoms with Gasteiger partial charge < -0.3 is 14.9 Å². The molecule has 0 bridgehead atoms. The van der Waals surface area contributed by atoms with Gasteiger partial charge in [-0.3, -0.25) is 4.90 Å². The molecule has 1 saturated heterocycles. The van der Waals surface area contributed by atoms with Crippen LogP contribution >= 0.6 is 0 Å². The van der Waals surface area contributed by atoms with E-state index in [1.54, 1.807) is 6.07 Å². The molecule has 1 heterocycles.